The largest absolute Gasteiger partial charge is 0.423 e. The monoisotopic (exact) mass is 328 g/mol. The number of fused-ring (bicyclic) bond motifs is 1. The van der Waals surface area contributed by atoms with Crippen molar-refractivity contribution in [3.63, 3.8) is 0 Å². The van der Waals surface area contributed by atoms with E-state index in [0.29, 0.717) is 5.58 Å². The van der Waals surface area contributed by atoms with Crippen LogP contribution in [0.3, 0.4) is 0 Å². The lowest BCUT2D eigenvalue weighted by molar-refractivity contribution is -0.925. The molecule has 0 aliphatic carbocycles. The number of hydrogen-bond donors (Lipinski definition) is 1. The Morgan fingerprint density at radius 3 is 2.61 bits per heavy atom. The van der Waals surface area contributed by atoms with E-state index in [9.17, 15) is 4.79 Å². The third-order valence-corrected chi connectivity index (χ3v) is 5.27. The first-order valence-electron chi connectivity index (χ1n) is 7.96. The lowest BCUT2D eigenvalue weighted by Gasteiger charge is -2.18. The number of aryl methyl sites for hydroxylation is 2. The zero-order valence-corrected chi connectivity index (χ0v) is 14.6. The van der Waals surface area contributed by atoms with Crippen molar-refractivity contribution in [3.8, 4) is 0 Å². The van der Waals surface area contributed by atoms with Crippen LogP contribution in [0.15, 0.2) is 44.9 Å². The highest BCUT2D eigenvalue weighted by Gasteiger charge is 2.14. The van der Waals surface area contributed by atoms with E-state index in [0.717, 1.165) is 36.1 Å². The average molecular weight is 328 g/mol. The molecule has 3 rings (SSSR count). The van der Waals surface area contributed by atoms with Gasteiger partial charge >= 0.3 is 5.63 Å². The average Bonchev–Trinajstić information content (AvgIpc) is 3.01. The zero-order valence-electron chi connectivity index (χ0n) is 13.8. The molecular formula is C19H22NO2S+. The minimum atomic E-state index is -0.262. The summed E-state index contributed by atoms with van der Waals surface area (Å²) in [4.78, 5) is 14.7. The Morgan fingerprint density at radius 1 is 1.13 bits per heavy atom. The second-order valence-corrected chi connectivity index (χ2v) is 7.09. The minimum absolute atomic E-state index is 0.262. The molecule has 1 atom stereocenters. The molecule has 0 saturated carbocycles. The molecule has 2 heterocycles. The molecule has 120 valence electrons. The summed E-state index contributed by atoms with van der Waals surface area (Å²) in [6, 6.07) is 10.0. The van der Waals surface area contributed by atoms with Crippen molar-refractivity contribution >= 4 is 22.3 Å². The first kappa shape index (κ1) is 16.0. The van der Waals surface area contributed by atoms with Crippen molar-refractivity contribution in [2.24, 2.45) is 0 Å². The van der Waals surface area contributed by atoms with Gasteiger partial charge in [0.15, 0.2) is 0 Å². The SMILES string of the molecule is CC[NH+](Cc1cccs1)Cc1cc(=O)oc2cc(C)c(C)cc12. The third kappa shape index (κ3) is 3.54. The molecule has 0 spiro atoms. The van der Waals surface area contributed by atoms with E-state index in [1.807, 2.05) is 13.0 Å². The van der Waals surface area contributed by atoms with Crippen LogP contribution in [0, 0.1) is 13.8 Å². The van der Waals surface area contributed by atoms with Crippen LogP contribution in [-0.4, -0.2) is 6.54 Å². The molecule has 0 amide bonds. The topological polar surface area (TPSA) is 34.7 Å². The number of thiophene rings is 1. The van der Waals surface area contributed by atoms with Gasteiger partial charge in [-0.05, 0) is 55.5 Å². The Morgan fingerprint density at radius 2 is 1.91 bits per heavy atom. The van der Waals surface area contributed by atoms with Crippen molar-refractivity contribution in [1.82, 2.24) is 0 Å². The molecule has 23 heavy (non-hydrogen) atoms. The summed E-state index contributed by atoms with van der Waals surface area (Å²) in [5.74, 6) is 0. The van der Waals surface area contributed by atoms with Crippen LogP contribution < -0.4 is 10.5 Å². The van der Waals surface area contributed by atoms with Crippen LogP contribution in [0.1, 0.15) is 28.5 Å². The molecular weight excluding hydrogens is 306 g/mol. The molecule has 0 aliphatic heterocycles. The minimum Gasteiger partial charge on any atom is -0.423 e. The van der Waals surface area contributed by atoms with Gasteiger partial charge < -0.3 is 9.32 Å². The van der Waals surface area contributed by atoms with Gasteiger partial charge in [0.25, 0.3) is 0 Å². The second kappa shape index (κ2) is 6.69. The number of quaternary nitrogens is 1. The van der Waals surface area contributed by atoms with Gasteiger partial charge in [-0.2, -0.15) is 0 Å². The highest BCUT2D eigenvalue weighted by atomic mass is 32.1. The fourth-order valence-corrected chi connectivity index (χ4v) is 3.65. The van der Waals surface area contributed by atoms with E-state index < -0.39 is 0 Å². The molecule has 0 fully saturated rings. The van der Waals surface area contributed by atoms with E-state index in [2.05, 4.69) is 37.4 Å². The van der Waals surface area contributed by atoms with Crippen LogP contribution in [0.4, 0.5) is 0 Å². The summed E-state index contributed by atoms with van der Waals surface area (Å²) in [5, 5.41) is 3.17. The van der Waals surface area contributed by atoms with Crippen LogP contribution in [-0.2, 0) is 13.1 Å². The van der Waals surface area contributed by atoms with Crippen LogP contribution >= 0.6 is 11.3 Å². The van der Waals surface area contributed by atoms with E-state index >= 15 is 0 Å². The Balaban J connectivity index is 1.97. The maximum atomic E-state index is 11.9. The predicted octanol–water partition coefficient (Wildman–Crippen LogP) is 3.08. The van der Waals surface area contributed by atoms with Crippen molar-refractivity contribution in [2.75, 3.05) is 6.54 Å². The van der Waals surface area contributed by atoms with E-state index in [1.165, 1.54) is 15.3 Å². The summed E-state index contributed by atoms with van der Waals surface area (Å²) < 4.78 is 5.40. The third-order valence-electron chi connectivity index (χ3n) is 4.39. The van der Waals surface area contributed by atoms with E-state index in [-0.39, 0.29) is 5.63 Å². The zero-order chi connectivity index (χ0) is 16.4. The van der Waals surface area contributed by atoms with E-state index in [1.54, 1.807) is 17.4 Å². The van der Waals surface area contributed by atoms with Crippen LogP contribution in [0.25, 0.3) is 11.0 Å². The van der Waals surface area contributed by atoms with E-state index in [4.69, 9.17) is 4.42 Å². The number of hydrogen-bond acceptors (Lipinski definition) is 3. The fourth-order valence-electron chi connectivity index (χ4n) is 2.87. The first-order valence-corrected chi connectivity index (χ1v) is 8.84. The number of rotatable bonds is 5. The molecule has 0 aliphatic rings. The molecule has 0 bridgehead atoms. The lowest BCUT2D eigenvalue weighted by Crippen LogP contribution is -3.09. The van der Waals surface area contributed by atoms with Gasteiger partial charge in [0, 0.05) is 17.0 Å². The normalized spacial score (nSPS) is 12.7. The van der Waals surface area contributed by atoms with Gasteiger partial charge in [-0.25, -0.2) is 4.79 Å². The maximum absolute atomic E-state index is 11.9. The van der Waals surface area contributed by atoms with Gasteiger partial charge in [0.05, 0.1) is 11.4 Å². The molecule has 0 radical (unpaired) electrons. The van der Waals surface area contributed by atoms with Gasteiger partial charge in [-0.1, -0.05) is 6.07 Å². The quantitative estimate of drug-likeness (QED) is 0.731. The Labute approximate surface area is 140 Å². The second-order valence-electron chi connectivity index (χ2n) is 6.06. The molecule has 4 heteroatoms. The Hall–Kier alpha value is -1.91. The van der Waals surface area contributed by atoms with Gasteiger partial charge in [0.2, 0.25) is 0 Å². The van der Waals surface area contributed by atoms with Crippen molar-refractivity contribution in [3.05, 3.63) is 67.7 Å². The molecule has 1 unspecified atom stereocenters. The van der Waals surface area contributed by atoms with Gasteiger partial charge in [-0.3, -0.25) is 0 Å². The molecule has 3 aromatic rings. The van der Waals surface area contributed by atoms with Gasteiger partial charge in [-0.15, -0.1) is 11.3 Å². The number of benzene rings is 1. The lowest BCUT2D eigenvalue weighted by atomic mass is 10.0. The van der Waals surface area contributed by atoms with Gasteiger partial charge in [0.1, 0.15) is 18.7 Å². The predicted molar refractivity (Wildman–Crippen MR) is 95.2 cm³/mol. The van der Waals surface area contributed by atoms with Crippen molar-refractivity contribution < 1.29 is 9.32 Å². The van der Waals surface area contributed by atoms with Crippen molar-refractivity contribution in [2.45, 2.75) is 33.9 Å². The number of nitrogens with one attached hydrogen (secondary N) is 1. The smallest absolute Gasteiger partial charge is 0.336 e. The molecule has 3 nitrogen and oxygen atoms in total. The Kier molecular flexibility index (Phi) is 4.64. The molecule has 2 aromatic heterocycles. The standard InChI is InChI=1S/C19H21NO2S/c1-4-20(12-16-6-5-7-23-16)11-15-10-19(21)22-18-9-14(3)13(2)8-17(15)18/h5-10H,4,11-12H2,1-3H3/p+1. The molecule has 1 aromatic carbocycles. The van der Waals surface area contributed by atoms with Crippen molar-refractivity contribution in [1.29, 1.82) is 0 Å². The highest BCUT2D eigenvalue weighted by Crippen LogP contribution is 2.21. The highest BCUT2D eigenvalue weighted by molar-refractivity contribution is 7.09. The molecule has 1 N–H and O–H groups in total. The Bertz CT molecular complexity index is 865. The van der Waals surface area contributed by atoms with Crippen LogP contribution in [0.5, 0.6) is 0 Å². The fraction of sp³-hybridized carbons (Fsp3) is 0.316. The summed E-state index contributed by atoms with van der Waals surface area (Å²) in [6.45, 7) is 9.16. The summed E-state index contributed by atoms with van der Waals surface area (Å²) >= 11 is 1.79. The summed E-state index contributed by atoms with van der Waals surface area (Å²) in [6.07, 6.45) is 0. The molecule has 0 saturated heterocycles. The maximum Gasteiger partial charge on any atom is 0.336 e. The van der Waals surface area contributed by atoms with Crippen LogP contribution in [0.2, 0.25) is 0 Å². The summed E-state index contributed by atoms with van der Waals surface area (Å²) in [5.41, 5.74) is 3.89. The summed E-state index contributed by atoms with van der Waals surface area (Å²) in [7, 11) is 0. The first-order chi connectivity index (χ1) is 11.1.